The second-order valence-electron chi connectivity index (χ2n) is 6.30. The Morgan fingerprint density at radius 2 is 2.07 bits per heavy atom. The summed E-state index contributed by atoms with van der Waals surface area (Å²) >= 11 is 6.08. The SMILES string of the molecule is CCOC(=O)c1cc(-c2ccc(/C=N\NC(=O)CN3CCOCC3)o2)ccc1Cl. The average Bonchev–Trinajstić information content (AvgIpc) is 3.18. The van der Waals surface area contributed by atoms with Gasteiger partial charge in [-0.05, 0) is 37.3 Å². The van der Waals surface area contributed by atoms with Gasteiger partial charge in [-0.2, -0.15) is 5.10 Å². The fraction of sp³-hybridized carbons (Fsp3) is 0.350. The number of ether oxygens (including phenoxy) is 2. The number of furan rings is 1. The second-order valence-corrected chi connectivity index (χ2v) is 6.71. The summed E-state index contributed by atoms with van der Waals surface area (Å²) in [6.07, 6.45) is 1.42. The number of amides is 1. The van der Waals surface area contributed by atoms with Crippen molar-refractivity contribution >= 4 is 29.7 Å². The van der Waals surface area contributed by atoms with Crippen molar-refractivity contribution in [2.24, 2.45) is 5.10 Å². The van der Waals surface area contributed by atoms with E-state index in [1.54, 1.807) is 37.3 Å². The van der Waals surface area contributed by atoms with Crippen molar-refractivity contribution in [2.75, 3.05) is 39.5 Å². The molecule has 9 heteroatoms. The third-order valence-corrected chi connectivity index (χ3v) is 4.55. The van der Waals surface area contributed by atoms with E-state index in [4.69, 9.17) is 25.5 Å². The number of morpholine rings is 1. The van der Waals surface area contributed by atoms with E-state index in [1.807, 2.05) is 4.90 Å². The quantitative estimate of drug-likeness (QED) is 0.421. The number of hydrazone groups is 1. The molecule has 1 aliphatic rings. The summed E-state index contributed by atoms with van der Waals surface area (Å²) in [4.78, 5) is 25.9. The van der Waals surface area contributed by atoms with Crippen molar-refractivity contribution in [1.29, 1.82) is 0 Å². The lowest BCUT2D eigenvalue weighted by atomic mass is 10.1. The minimum absolute atomic E-state index is 0.202. The molecular formula is C20H22ClN3O5. The van der Waals surface area contributed by atoms with Crippen LogP contribution in [-0.2, 0) is 14.3 Å². The Labute approximate surface area is 173 Å². The first kappa shape index (κ1) is 21.0. The molecule has 0 spiro atoms. The van der Waals surface area contributed by atoms with Crippen LogP contribution in [0.2, 0.25) is 5.02 Å². The van der Waals surface area contributed by atoms with Gasteiger partial charge in [-0.3, -0.25) is 9.69 Å². The van der Waals surface area contributed by atoms with E-state index in [2.05, 4.69) is 10.5 Å². The molecular weight excluding hydrogens is 398 g/mol. The van der Waals surface area contributed by atoms with Gasteiger partial charge >= 0.3 is 5.97 Å². The molecule has 2 aromatic rings. The average molecular weight is 420 g/mol. The van der Waals surface area contributed by atoms with Gasteiger partial charge in [-0.1, -0.05) is 11.6 Å². The number of carbonyl (C=O) groups is 2. The van der Waals surface area contributed by atoms with Crippen molar-refractivity contribution < 1.29 is 23.5 Å². The van der Waals surface area contributed by atoms with Crippen LogP contribution in [0.1, 0.15) is 23.0 Å². The number of nitrogens with one attached hydrogen (secondary N) is 1. The zero-order chi connectivity index (χ0) is 20.6. The predicted molar refractivity (Wildman–Crippen MR) is 108 cm³/mol. The van der Waals surface area contributed by atoms with Gasteiger partial charge in [0.05, 0.1) is 43.2 Å². The molecule has 1 N–H and O–H groups in total. The van der Waals surface area contributed by atoms with Gasteiger partial charge in [0.25, 0.3) is 5.91 Å². The minimum Gasteiger partial charge on any atom is -0.462 e. The Hall–Kier alpha value is -2.68. The van der Waals surface area contributed by atoms with E-state index < -0.39 is 5.97 Å². The van der Waals surface area contributed by atoms with Crippen molar-refractivity contribution in [1.82, 2.24) is 10.3 Å². The van der Waals surface area contributed by atoms with Crippen molar-refractivity contribution in [3.05, 3.63) is 46.7 Å². The first-order valence-corrected chi connectivity index (χ1v) is 9.63. The Kier molecular flexibility index (Phi) is 7.40. The molecule has 0 aliphatic carbocycles. The summed E-state index contributed by atoms with van der Waals surface area (Å²) in [5.41, 5.74) is 3.43. The first-order valence-electron chi connectivity index (χ1n) is 9.25. The van der Waals surface area contributed by atoms with Crippen LogP contribution in [0.3, 0.4) is 0 Å². The largest absolute Gasteiger partial charge is 0.462 e. The van der Waals surface area contributed by atoms with Gasteiger partial charge in [-0.25, -0.2) is 10.2 Å². The van der Waals surface area contributed by atoms with Crippen molar-refractivity contribution in [3.63, 3.8) is 0 Å². The zero-order valence-corrected chi connectivity index (χ0v) is 16.8. The van der Waals surface area contributed by atoms with Crippen LogP contribution in [0.15, 0.2) is 39.9 Å². The van der Waals surface area contributed by atoms with Gasteiger partial charge in [0.1, 0.15) is 11.5 Å². The van der Waals surface area contributed by atoms with Crippen LogP contribution in [0, 0.1) is 0 Å². The van der Waals surface area contributed by atoms with Crippen LogP contribution in [0.25, 0.3) is 11.3 Å². The minimum atomic E-state index is -0.490. The molecule has 1 saturated heterocycles. The van der Waals surface area contributed by atoms with Crippen molar-refractivity contribution in [2.45, 2.75) is 6.92 Å². The summed E-state index contributed by atoms with van der Waals surface area (Å²) in [6.45, 7) is 4.99. The highest BCUT2D eigenvalue weighted by molar-refractivity contribution is 6.33. The monoisotopic (exact) mass is 419 g/mol. The molecule has 154 valence electrons. The van der Waals surface area contributed by atoms with Crippen LogP contribution in [0.5, 0.6) is 0 Å². The third-order valence-electron chi connectivity index (χ3n) is 4.22. The molecule has 8 nitrogen and oxygen atoms in total. The second kappa shape index (κ2) is 10.2. The van der Waals surface area contributed by atoms with E-state index in [9.17, 15) is 9.59 Å². The maximum atomic E-state index is 12.0. The topological polar surface area (TPSA) is 93.4 Å². The predicted octanol–water partition coefficient (Wildman–Crippen LogP) is 2.56. The fourth-order valence-electron chi connectivity index (χ4n) is 2.79. The lowest BCUT2D eigenvalue weighted by Crippen LogP contribution is -2.42. The smallest absolute Gasteiger partial charge is 0.339 e. The number of nitrogens with zero attached hydrogens (tertiary/aromatic N) is 2. The molecule has 1 aromatic heterocycles. The normalized spacial score (nSPS) is 14.8. The molecule has 0 bridgehead atoms. The van der Waals surface area contributed by atoms with E-state index in [0.29, 0.717) is 35.3 Å². The maximum absolute atomic E-state index is 12.0. The van der Waals surface area contributed by atoms with Crippen molar-refractivity contribution in [3.8, 4) is 11.3 Å². The number of halogens is 1. The van der Waals surface area contributed by atoms with Gasteiger partial charge in [-0.15, -0.1) is 0 Å². The van der Waals surface area contributed by atoms with Gasteiger partial charge in [0.2, 0.25) is 0 Å². The molecule has 1 aliphatic heterocycles. The molecule has 1 aromatic carbocycles. The number of hydrogen-bond acceptors (Lipinski definition) is 7. The number of carbonyl (C=O) groups excluding carboxylic acids is 2. The van der Waals surface area contributed by atoms with E-state index in [-0.39, 0.29) is 24.6 Å². The highest BCUT2D eigenvalue weighted by Crippen LogP contribution is 2.27. The molecule has 29 heavy (non-hydrogen) atoms. The van der Waals surface area contributed by atoms with Crippen LogP contribution in [0.4, 0.5) is 0 Å². The number of hydrogen-bond donors (Lipinski definition) is 1. The molecule has 1 fully saturated rings. The Morgan fingerprint density at radius 1 is 1.28 bits per heavy atom. The molecule has 3 rings (SSSR count). The lowest BCUT2D eigenvalue weighted by Gasteiger charge is -2.25. The highest BCUT2D eigenvalue weighted by Gasteiger charge is 2.15. The zero-order valence-electron chi connectivity index (χ0n) is 16.0. The molecule has 0 unspecified atom stereocenters. The summed E-state index contributed by atoms with van der Waals surface area (Å²) < 4.78 is 16.0. The summed E-state index contributed by atoms with van der Waals surface area (Å²) in [5, 5.41) is 4.24. The van der Waals surface area contributed by atoms with E-state index in [1.165, 1.54) is 6.21 Å². The van der Waals surface area contributed by atoms with Gasteiger partial charge in [0.15, 0.2) is 0 Å². The Morgan fingerprint density at radius 3 is 2.83 bits per heavy atom. The lowest BCUT2D eigenvalue weighted by molar-refractivity contribution is -0.123. The standard InChI is InChI=1S/C20H22ClN3O5/c1-2-28-20(26)16-11-14(3-5-17(16)21)18-6-4-15(29-18)12-22-23-19(25)13-24-7-9-27-10-8-24/h3-6,11-12H,2,7-10,13H2,1H3,(H,23,25)/b22-12-. The fourth-order valence-corrected chi connectivity index (χ4v) is 2.98. The molecule has 0 radical (unpaired) electrons. The highest BCUT2D eigenvalue weighted by atomic mass is 35.5. The molecule has 1 amide bonds. The van der Waals surface area contributed by atoms with Gasteiger partial charge in [0, 0.05) is 18.7 Å². The number of esters is 1. The van der Waals surface area contributed by atoms with Crippen LogP contribution < -0.4 is 5.43 Å². The van der Waals surface area contributed by atoms with E-state index in [0.717, 1.165) is 13.1 Å². The molecule has 0 saturated carbocycles. The number of benzene rings is 1. The summed E-state index contributed by atoms with van der Waals surface area (Å²) in [5.74, 6) is 0.301. The first-order chi connectivity index (χ1) is 14.1. The van der Waals surface area contributed by atoms with Crippen LogP contribution in [-0.4, -0.2) is 62.4 Å². The van der Waals surface area contributed by atoms with Gasteiger partial charge < -0.3 is 13.9 Å². The molecule has 2 heterocycles. The number of rotatable bonds is 7. The van der Waals surface area contributed by atoms with Crippen LogP contribution >= 0.6 is 11.6 Å². The van der Waals surface area contributed by atoms with E-state index >= 15 is 0 Å². The summed E-state index contributed by atoms with van der Waals surface area (Å²) in [6, 6.07) is 8.44. The maximum Gasteiger partial charge on any atom is 0.339 e. The Bertz CT molecular complexity index is 890. The molecule has 0 atom stereocenters. The third kappa shape index (κ3) is 5.90. The summed E-state index contributed by atoms with van der Waals surface area (Å²) in [7, 11) is 0. The Balaban J connectivity index is 1.60.